The van der Waals surface area contributed by atoms with Gasteiger partial charge in [0.25, 0.3) is 5.91 Å². The zero-order valence-corrected chi connectivity index (χ0v) is 14.9. The summed E-state index contributed by atoms with van der Waals surface area (Å²) in [5, 5.41) is 10.8. The molecule has 0 atom stereocenters. The summed E-state index contributed by atoms with van der Waals surface area (Å²) in [6.07, 6.45) is 0. The molecule has 3 aromatic rings. The summed E-state index contributed by atoms with van der Waals surface area (Å²) in [6.45, 7) is -0.551. The van der Waals surface area contributed by atoms with Crippen LogP contribution in [0.3, 0.4) is 0 Å². The van der Waals surface area contributed by atoms with Crippen molar-refractivity contribution in [3.63, 3.8) is 0 Å². The molecule has 0 unspecified atom stereocenters. The number of rotatable bonds is 5. The molecule has 0 bridgehead atoms. The van der Waals surface area contributed by atoms with E-state index in [0.29, 0.717) is 5.56 Å². The molecule has 0 aliphatic rings. The van der Waals surface area contributed by atoms with Gasteiger partial charge in [-0.25, -0.2) is 4.39 Å². The number of hydrogen-bond acceptors (Lipinski definition) is 3. The maximum absolute atomic E-state index is 12.2. The third-order valence-corrected chi connectivity index (χ3v) is 5.11. The van der Waals surface area contributed by atoms with Gasteiger partial charge in [-0.05, 0) is 52.9 Å². The lowest BCUT2D eigenvalue weighted by Gasteiger charge is -2.09. The van der Waals surface area contributed by atoms with Crippen molar-refractivity contribution in [3.8, 4) is 0 Å². The van der Waals surface area contributed by atoms with Gasteiger partial charge in [-0.1, -0.05) is 23.9 Å². The highest BCUT2D eigenvalue weighted by Crippen LogP contribution is 2.32. The van der Waals surface area contributed by atoms with E-state index in [-0.39, 0.29) is 12.5 Å². The SMILES string of the molecule is O=C(NCCF)c1ccccc1Sc1ccc2c(I)[nH]nc2c1. The normalized spacial score (nSPS) is 10.9. The van der Waals surface area contributed by atoms with Crippen LogP contribution in [0.25, 0.3) is 10.9 Å². The van der Waals surface area contributed by atoms with E-state index in [1.165, 1.54) is 11.8 Å². The number of aromatic nitrogens is 2. The van der Waals surface area contributed by atoms with Gasteiger partial charge in [0.05, 0.1) is 11.1 Å². The highest BCUT2D eigenvalue weighted by molar-refractivity contribution is 14.1. The van der Waals surface area contributed by atoms with Gasteiger partial charge in [0.2, 0.25) is 0 Å². The minimum absolute atomic E-state index is 0.0233. The molecule has 0 aliphatic carbocycles. The Hall–Kier alpha value is -1.61. The van der Waals surface area contributed by atoms with E-state index < -0.39 is 6.67 Å². The molecule has 3 rings (SSSR count). The lowest BCUT2D eigenvalue weighted by atomic mass is 10.2. The Morgan fingerprint density at radius 1 is 1.30 bits per heavy atom. The monoisotopic (exact) mass is 441 g/mol. The van der Waals surface area contributed by atoms with Crippen LogP contribution in [0.5, 0.6) is 0 Å². The quantitative estimate of drug-likeness (QED) is 0.589. The number of fused-ring (bicyclic) bond motifs is 1. The van der Waals surface area contributed by atoms with Crippen LogP contribution in [-0.4, -0.2) is 29.3 Å². The summed E-state index contributed by atoms with van der Waals surface area (Å²) in [7, 11) is 0. The van der Waals surface area contributed by atoms with E-state index >= 15 is 0 Å². The summed E-state index contributed by atoms with van der Waals surface area (Å²) < 4.78 is 13.2. The number of amides is 1. The Kier molecular flexibility index (Phi) is 5.16. The first-order chi connectivity index (χ1) is 11.2. The molecule has 0 fully saturated rings. The smallest absolute Gasteiger partial charge is 0.252 e. The first kappa shape index (κ1) is 16.3. The second-order valence-electron chi connectivity index (χ2n) is 4.76. The highest BCUT2D eigenvalue weighted by atomic mass is 127. The number of carbonyl (C=O) groups is 1. The molecular weight excluding hydrogens is 428 g/mol. The molecule has 0 aliphatic heterocycles. The molecule has 0 spiro atoms. The Morgan fingerprint density at radius 2 is 2.13 bits per heavy atom. The number of carbonyl (C=O) groups excluding carboxylic acids is 1. The number of benzene rings is 2. The average molecular weight is 441 g/mol. The van der Waals surface area contributed by atoms with Crippen LogP contribution >= 0.6 is 34.4 Å². The maximum Gasteiger partial charge on any atom is 0.252 e. The molecule has 23 heavy (non-hydrogen) atoms. The molecule has 1 aromatic heterocycles. The fourth-order valence-corrected chi connectivity index (χ4v) is 3.70. The van der Waals surface area contributed by atoms with Crippen LogP contribution in [0.2, 0.25) is 0 Å². The maximum atomic E-state index is 12.2. The molecule has 2 aromatic carbocycles. The molecule has 0 radical (unpaired) electrons. The van der Waals surface area contributed by atoms with Crippen LogP contribution in [0.15, 0.2) is 52.3 Å². The number of aromatic amines is 1. The third-order valence-electron chi connectivity index (χ3n) is 3.22. The summed E-state index contributed by atoms with van der Waals surface area (Å²) in [4.78, 5) is 13.9. The molecule has 4 nitrogen and oxygen atoms in total. The van der Waals surface area contributed by atoms with Gasteiger partial charge in [-0.15, -0.1) is 0 Å². The zero-order valence-electron chi connectivity index (χ0n) is 12.0. The van der Waals surface area contributed by atoms with Crippen molar-refractivity contribution in [2.45, 2.75) is 9.79 Å². The molecule has 2 N–H and O–H groups in total. The fraction of sp³-hybridized carbons (Fsp3) is 0.125. The predicted molar refractivity (Wildman–Crippen MR) is 97.7 cm³/mol. The Morgan fingerprint density at radius 3 is 2.96 bits per heavy atom. The molecule has 0 saturated carbocycles. The second-order valence-corrected chi connectivity index (χ2v) is 6.95. The number of alkyl halides is 1. The summed E-state index contributed by atoms with van der Waals surface area (Å²) in [6, 6.07) is 13.3. The van der Waals surface area contributed by atoms with Crippen LogP contribution in [0, 0.1) is 3.70 Å². The number of nitrogens with zero attached hydrogens (tertiary/aromatic N) is 1. The lowest BCUT2D eigenvalue weighted by molar-refractivity contribution is 0.0948. The zero-order chi connectivity index (χ0) is 16.2. The Labute approximate surface area is 150 Å². The standard InChI is InChI=1S/C16H13FIN3OS/c17-7-8-19-16(22)12-3-1-2-4-14(12)23-10-5-6-11-13(9-10)20-21-15(11)18/h1-6,9H,7-8H2,(H,19,22)(H,20,21). The summed E-state index contributed by atoms with van der Waals surface area (Å²) >= 11 is 3.70. The first-order valence-electron chi connectivity index (χ1n) is 6.93. The van der Waals surface area contributed by atoms with Crippen LogP contribution in [-0.2, 0) is 0 Å². The van der Waals surface area contributed by atoms with Gasteiger partial charge >= 0.3 is 0 Å². The van der Waals surface area contributed by atoms with Crippen molar-refractivity contribution in [2.24, 2.45) is 0 Å². The third kappa shape index (κ3) is 3.66. The van der Waals surface area contributed by atoms with Gasteiger partial charge in [0.15, 0.2) is 0 Å². The van der Waals surface area contributed by atoms with Gasteiger partial charge in [-0.2, -0.15) is 5.10 Å². The average Bonchev–Trinajstić information content (AvgIpc) is 2.94. The molecular formula is C16H13FIN3OS. The minimum atomic E-state index is -0.574. The van der Waals surface area contributed by atoms with E-state index in [1.807, 2.05) is 30.3 Å². The van der Waals surface area contributed by atoms with Crippen molar-refractivity contribution in [3.05, 3.63) is 51.7 Å². The summed E-state index contributed by atoms with van der Waals surface area (Å²) in [5.41, 5.74) is 1.43. The molecule has 1 amide bonds. The number of halogens is 2. The van der Waals surface area contributed by atoms with Gasteiger partial charge in [0.1, 0.15) is 10.4 Å². The van der Waals surface area contributed by atoms with Gasteiger partial charge in [0, 0.05) is 21.7 Å². The first-order valence-corrected chi connectivity index (χ1v) is 8.83. The number of nitrogens with one attached hydrogen (secondary N) is 2. The van der Waals surface area contributed by atoms with Crippen molar-refractivity contribution in [1.29, 1.82) is 0 Å². The Balaban J connectivity index is 1.87. The van der Waals surface area contributed by atoms with Gasteiger partial charge < -0.3 is 5.32 Å². The second kappa shape index (κ2) is 7.31. The van der Waals surface area contributed by atoms with E-state index in [2.05, 4.69) is 38.1 Å². The van der Waals surface area contributed by atoms with E-state index in [4.69, 9.17) is 0 Å². The summed E-state index contributed by atoms with van der Waals surface area (Å²) in [5.74, 6) is -0.263. The molecule has 7 heteroatoms. The largest absolute Gasteiger partial charge is 0.349 e. The minimum Gasteiger partial charge on any atom is -0.349 e. The van der Waals surface area contributed by atoms with Crippen LogP contribution < -0.4 is 5.32 Å². The fourth-order valence-electron chi connectivity index (χ4n) is 2.15. The molecule has 0 saturated heterocycles. The number of hydrogen-bond donors (Lipinski definition) is 2. The van der Waals surface area contributed by atoms with Crippen molar-refractivity contribution < 1.29 is 9.18 Å². The number of H-pyrrole nitrogens is 1. The van der Waals surface area contributed by atoms with E-state index in [0.717, 1.165) is 24.4 Å². The van der Waals surface area contributed by atoms with Crippen molar-refractivity contribution >= 4 is 51.2 Å². The van der Waals surface area contributed by atoms with Gasteiger partial charge in [-0.3, -0.25) is 9.89 Å². The van der Waals surface area contributed by atoms with Crippen molar-refractivity contribution in [1.82, 2.24) is 15.5 Å². The molecule has 118 valence electrons. The van der Waals surface area contributed by atoms with E-state index in [1.54, 1.807) is 12.1 Å². The lowest BCUT2D eigenvalue weighted by Crippen LogP contribution is -2.25. The van der Waals surface area contributed by atoms with E-state index in [9.17, 15) is 9.18 Å². The highest BCUT2D eigenvalue weighted by Gasteiger charge is 2.12. The Bertz CT molecular complexity index is 852. The van der Waals surface area contributed by atoms with Crippen molar-refractivity contribution in [2.75, 3.05) is 13.2 Å². The van der Waals surface area contributed by atoms with Crippen LogP contribution in [0.1, 0.15) is 10.4 Å². The van der Waals surface area contributed by atoms with Crippen LogP contribution in [0.4, 0.5) is 4.39 Å². The topological polar surface area (TPSA) is 57.8 Å². The molecule has 1 heterocycles. The predicted octanol–water partition coefficient (Wildman–Crippen LogP) is 4.02.